The lowest BCUT2D eigenvalue weighted by molar-refractivity contribution is -0.153. The minimum atomic E-state index is -4.51. The number of anilines is 1. The fraction of sp³-hybridized carbons (Fsp3) is 0.269. The topological polar surface area (TPSA) is 91.8 Å². The predicted octanol–water partition coefficient (Wildman–Crippen LogP) is 6.57. The van der Waals surface area contributed by atoms with Gasteiger partial charge in [-0.3, -0.25) is 9.78 Å². The molecular weight excluding hydrogens is 523 g/mol. The van der Waals surface area contributed by atoms with E-state index in [4.69, 9.17) is 18.9 Å². The molecule has 1 amide bonds. The number of hydrogen-bond acceptors (Lipinski definition) is 8. The number of nitrogens with one attached hydrogen (secondary N) is 1. The van der Waals surface area contributed by atoms with E-state index in [0.717, 1.165) is 29.1 Å². The third-order valence-corrected chi connectivity index (χ3v) is 6.98. The average Bonchev–Trinajstić information content (AvgIpc) is 3.66. The van der Waals surface area contributed by atoms with Crippen LogP contribution in [0.5, 0.6) is 28.7 Å². The first kappa shape index (κ1) is 25.6. The molecule has 198 valence electrons. The van der Waals surface area contributed by atoms with Gasteiger partial charge in [0.2, 0.25) is 0 Å². The van der Waals surface area contributed by atoms with Crippen molar-refractivity contribution in [3.63, 3.8) is 0 Å². The molecule has 0 atom stereocenters. The number of amides is 1. The van der Waals surface area contributed by atoms with Gasteiger partial charge in [0.15, 0.2) is 18.1 Å². The number of rotatable bonds is 9. The Hall–Kier alpha value is -4.06. The molecule has 3 aromatic heterocycles. The second-order valence-electron chi connectivity index (χ2n) is 8.49. The van der Waals surface area contributed by atoms with E-state index in [-0.39, 0.29) is 22.4 Å². The van der Waals surface area contributed by atoms with Crippen LogP contribution in [0.4, 0.5) is 19.0 Å². The van der Waals surface area contributed by atoms with E-state index in [1.165, 1.54) is 32.5 Å². The highest BCUT2D eigenvalue weighted by Crippen LogP contribution is 2.46. The fourth-order valence-electron chi connectivity index (χ4n) is 3.74. The van der Waals surface area contributed by atoms with Crippen LogP contribution < -0.4 is 24.3 Å². The van der Waals surface area contributed by atoms with E-state index in [1.807, 2.05) is 0 Å². The van der Waals surface area contributed by atoms with Crippen molar-refractivity contribution in [3.05, 3.63) is 58.5 Å². The monoisotopic (exact) mass is 545 g/mol. The highest BCUT2D eigenvalue weighted by Gasteiger charge is 2.32. The number of benzene rings is 1. The molecule has 3 heterocycles. The van der Waals surface area contributed by atoms with Gasteiger partial charge < -0.3 is 24.3 Å². The molecule has 0 spiro atoms. The number of hydrogen-bond donors (Lipinski definition) is 1. The summed E-state index contributed by atoms with van der Waals surface area (Å²) >= 11 is 1.14. The molecule has 1 aliphatic rings. The molecule has 0 bridgehead atoms. The molecule has 8 nitrogen and oxygen atoms in total. The molecule has 0 unspecified atom stereocenters. The Morgan fingerprint density at radius 2 is 1.79 bits per heavy atom. The molecule has 38 heavy (non-hydrogen) atoms. The summed E-state index contributed by atoms with van der Waals surface area (Å²) in [5.74, 6) is 1.74. The summed E-state index contributed by atoms with van der Waals surface area (Å²) in [6.45, 7) is -1.47. The van der Waals surface area contributed by atoms with Crippen LogP contribution in [0.15, 0.2) is 48.8 Å². The van der Waals surface area contributed by atoms with Crippen molar-refractivity contribution < 1.29 is 36.9 Å². The number of carbonyl (C=O) groups excluding carboxylic acids is 1. The van der Waals surface area contributed by atoms with Crippen molar-refractivity contribution in [2.24, 2.45) is 0 Å². The first-order valence-corrected chi connectivity index (χ1v) is 12.3. The van der Waals surface area contributed by atoms with E-state index in [0.29, 0.717) is 33.9 Å². The van der Waals surface area contributed by atoms with Crippen LogP contribution in [0.2, 0.25) is 0 Å². The molecule has 1 aliphatic carbocycles. The lowest BCUT2D eigenvalue weighted by Crippen LogP contribution is -2.20. The smallest absolute Gasteiger partial charge is 0.422 e. The summed E-state index contributed by atoms with van der Waals surface area (Å²) in [6, 6.07) is 9.86. The number of alkyl halides is 3. The zero-order valence-corrected chi connectivity index (χ0v) is 21.1. The minimum absolute atomic E-state index is 0.0749. The van der Waals surface area contributed by atoms with Crippen molar-refractivity contribution in [1.82, 2.24) is 9.97 Å². The number of fused-ring (bicyclic) bond motifs is 1. The highest BCUT2D eigenvalue weighted by atomic mass is 32.1. The standard InChI is InChI=1S/C26H22F3N3O5S/c1-34-19-9-16-17(10-20(19)35-2)30-8-7-18(16)37-15-5-6-23(31-12-15)32-25(33)24-21(36-13-26(27,28)29)11-22(38-24)14-3-4-14/h5-12,14H,3-4,13H2,1-2H3,(H,31,32,33). The van der Waals surface area contributed by atoms with Crippen molar-refractivity contribution in [2.75, 3.05) is 26.1 Å². The predicted molar refractivity (Wildman–Crippen MR) is 135 cm³/mol. The van der Waals surface area contributed by atoms with Gasteiger partial charge in [-0.2, -0.15) is 13.2 Å². The first-order chi connectivity index (χ1) is 18.2. The van der Waals surface area contributed by atoms with Gasteiger partial charge >= 0.3 is 6.18 Å². The van der Waals surface area contributed by atoms with Crippen LogP contribution >= 0.6 is 11.3 Å². The number of nitrogens with zero attached hydrogens (tertiary/aromatic N) is 2. The Labute approximate surface area is 219 Å². The summed E-state index contributed by atoms with van der Waals surface area (Å²) < 4.78 is 59.7. The largest absolute Gasteiger partial charge is 0.493 e. The van der Waals surface area contributed by atoms with Gasteiger partial charge in [0, 0.05) is 22.5 Å². The summed E-state index contributed by atoms with van der Waals surface area (Å²) in [5.41, 5.74) is 0.641. The Morgan fingerprint density at radius 3 is 2.45 bits per heavy atom. The number of carbonyl (C=O) groups is 1. The van der Waals surface area contributed by atoms with Gasteiger partial charge in [-0.05, 0) is 49.1 Å². The van der Waals surface area contributed by atoms with E-state index in [9.17, 15) is 18.0 Å². The SMILES string of the molecule is COc1cc2nccc(Oc3ccc(NC(=O)c4sc(C5CC5)cc4OCC(F)(F)F)nc3)c2cc1OC. The Balaban J connectivity index is 1.31. The number of thiophene rings is 1. The number of halogens is 3. The molecule has 0 aliphatic heterocycles. The van der Waals surface area contributed by atoms with E-state index in [2.05, 4.69) is 15.3 Å². The summed E-state index contributed by atoms with van der Waals surface area (Å²) in [7, 11) is 3.07. The Kier molecular flexibility index (Phi) is 6.98. The van der Waals surface area contributed by atoms with Gasteiger partial charge in [-0.1, -0.05) is 0 Å². The number of pyridine rings is 2. The quantitative estimate of drug-likeness (QED) is 0.254. The lowest BCUT2D eigenvalue weighted by atomic mass is 10.2. The highest BCUT2D eigenvalue weighted by molar-refractivity contribution is 7.14. The second-order valence-corrected chi connectivity index (χ2v) is 9.57. The van der Waals surface area contributed by atoms with E-state index in [1.54, 1.807) is 30.5 Å². The molecule has 0 radical (unpaired) electrons. The second kappa shape index (κ2) is 10.4. The number of aromatic nitrogens is 2. The van der Waals surface area contributed by atoms with Gasteiger partial charge in [0.05, 0.1) is 25.9 Å². The lowest BCUT2D eigenvalue weighted by Gasteiger charge is -2.12. The van der Waals surface area contributed by atoms with Crippen LogP contribution in [0.25, 0.3) is 10.9 Å². The maximum atomic E-state index is 12.9. The molecule has 5 rings (SSSR count). The molecule has 1 aromatic carbocycles. The molecule has 1 saturated carbocycles. The first-order valence-electron chi connectivity index (χ1n) is 11.5. The van der Waals surface area contributed by atoms with Gasteiger partial charge in [0.25, 0.3) is 5.91 Å². The third kappa shape index (κ3) is 5.75. The van der Waals surface area contributed by atoms with Crippen LogP contribution in [0, 0.1) is 0 Å². The summed E-state index contributed by atoms with van der Waals surface area (Å²) in [6.07, 6.45) is 0.394. The van der Waals surface area contributed by atoms with Crippen LogP contribution in [-0.4, -0.2) is 42.9 Å². The zero-order valence-electron chi connectivity index (χ0n) is 20.3. The Bertz CT molecular complexity index is 1470. The maximum Gasteiger partial charge on any atom is 0.422 e. The number of methoxy groups -OCH3 is 2. The Morgan fingerprint density at radius 1 is 1.03 bits per heavy atom. The third-order valence-electron chi connectivity index (χ3n) is 5.71. The minimum Gasteiger partial charge on any atom is -0.493 e. The van der Waals surface area contributed by atoms with Crippen LogP contribution in [0.3, 0.4) is 0 Å². The average molecular weight is 546 g/mol. The van der Waals surface area contributed by atoms with Crippen molar-refractivity contribution in [3.8, 4) is 28.7 Å². The molecule has 12 heteroatoms. The maximum absolute atomic E-state index is 12.9. The van der Waals surface area contributed by atoms with Crippen LogP contribution in [-0.2, 0) is 0 Å². The summed E-state index contributed by atoms with van der Waals surface area (Å²) in [5, 5.41) is 3.31. The molecule has 0 saturated heterocycles. The molecule has 1 fully saturated rings. The molecule has 1 N–H and O–H groups in total. The molecular formula is C26H22F3N3O5S. The number of ether oxygens (including phenoxy) is 4. The van der Waals surface area contributed by atoms with Gasteiger partial charge in [-0.25, -0.2) is 4.98 Å². The van der Waals surface area contributed by atoms with Crippen LogP contribution in [0.1, 0.15) is 33.3 Å². The molecule has 4 aromatic rings. The normalized spacial score (nSPS) is 13.3. The van der Waals surface area contributed by atoms with E-state index >= 15 is 0 Å². The zero-order chi connectivity index (χ0) is 26.9. The van der Waals surface area contributed by atoms with Crippen molar-refractivity contribution in [2.45, 2.75) is 24.9 Å². The fourth-order valence-corrected chi connectivity index (χ4v) is 4.90. The summed E-state index contributed by atoms with van der Waals surface area (Å²) in [4.78, 5) is 22.4. The van der Waals surface area contributed by atoms with E-state index < -0.39 is 18.7 Å². The van der Waals surface area contributed by atoms with Crippen molar-refractivity contribution >= 4 is 34.0 Å². The van der Waals surface area contributed by atoms with Gasteiger partial charge in [-0.15, -0.1) is 11.3 Å². The van der Waals surface area contributed by atoms with Gasteiger partial charge in [0.1, 0.15) is 27.9 Å². The van der Waals surface area contributed by atoms with Crippen molar-refractivity contribution in [1.29, 1.82) is 0 Å².